The number of hydrogen-bond donors (Lipinski definition) is 1. The number of aromatic nitrogens is 1. The Morgan fingerprint density at radius 1 is 1.26 bits per heavy atom. The van der Waals surface area contributed by atoms with Gasteiger partial charge in [0.15, 0.2) is 5.76 Å². The van der Waals surface area contributed by atoms with Crippen molar-refractivity contribution in [3.63, 3.8) is 0 Å². The van der Waals surface area contributed by atoms with Crippen LogP contribution in [0.25, 0.3) is 0 Å². The van der Waals surface area contributed by atoms with E-state index in [0.717, 1.165) is 43.6 Å². The highest BCUT2D eigenvalue weighted by Gasteiger charge is 2.08. The van der Waals surface area contributed by atoms with E-state index in [-0.39, 0.29) is 0 Å². The van der Waals surface area contributed by atoms with E-state index in [0.29, 0.717) is 5.92 Å². The Bertz CT molecular complexity index is 347. The first-order valence-corrected chi connectivity index (χ1v) is 7.31. The lowest BCUT2D eigenvalue weighted by Crippen LogP contribution is -2.20. The van der Waals surface area contributed by atoms with Crippen molar-refractivity contribution in [1.29, 1.82) is 0 Å². The summed E-state index contributed by atoms with van der Waals surface area (Å²) in [5.74, 6) is 2.36. The van der Waals surface area contributed by atoms with Gasteiger partial charge in [-0.05, 0) is 38.4 Å². The monoisotopic (exact) mass is 267 g/mol. The minimum atomic E-state index is 0.661. The summed E-state index contributed by atoms with van der Waals surface area (Å²) < 4.78 is 5.37. The Kier molecular flexibility index (Phi) is 7.10. The Morgan fingerprint density at radius 2 is 2.00 bits per heavy atom. The summed E-state index contributed by atoms with van der Waals surface area (Å²) >= 11 is 0. The molecule has 1 rings (SSSR count). The topological polar surface area (TPSA) is 41.3 Å². The zero-order chi connectivity index (χ0) is 14.3. The van der Waals surface area contributed by atoms with Gasteiger partial charge in [0.1, 0.15) is 0 Å². The van der Waals surface area contributed by atoms with E-state index >= 15 is 0 Å². The van der Waals surface area contributed by atoms with Crippen LogP contribution in [0, 0.1) is 11.8 Å². The van der Waals surface area contributed by atoms with Gasteiger partial charge in [-0.1, -0.05) is 32.9 Å². The standard InChI is InChI=1S/C15H29N3O/c1-12(2)6-7-18(5)11-15-8-14(17-19-15)10-16-9-13(3)4/h8,12-13,16H,6-7,9-11H2,1-5H3. The number of nitrogens with zero attached hydrogens (tertiary/aromatic N) is 2. The quantitative estimate of drug-likeness (QED) is 0.747. The first kappa shape index (κ1) is 16.2. The van der Waals surface area contributed by atoms with E-state index in [2.05, 4.69) is 56.2 Å². The lowest BCUT2D eigenvalue weighted by molar-refractivity contribution is 0.259. The third-order valence-electron chi connectivity index (χ3n) is 2.98. The first-order chi connectivity index (χ1) is 8.97. The van der Waals surface area contributed by atoms with Gasteiger partial charge in [0.2, 0.25) is 0 Å². The van der Waals surface area contributed by atoms with Crippen LogP contribution in [-0.4, -0.2) is 30.2 Å². The Balaban J connectivity index is 2.29. The molecule has 0 fully saturated rings. The lowest BCUT2D eigenvalue weighted by Gasteiger charge is -2.15. The van der Waals surface area contributed by atoms with Crippen LogP contribution in [0.3, 0.4) is 0 Å². The van der Waals surface area contributed by atoms with Crippen LogP contribution in [0.15, 0.2) is 10.6 Å². The average molecular weight is 267 g/mol. The highest BCUT2D eigenvalue weighted by atomic mass is 16.5. The molecule has 1 heterocycles. The Hall–Kier alpha value is -0.870. The van der Waals surface area contributed by atoms with Gasteiger partial charge in [-0.3, -0.25) is 4.90 Å². The molecule has 0 unspecified atom stereocenters. The molecule has 0 bridgehead atoms. The van der Waals surface area contributed by atoms with Crippen molar-refractivity contribution in [3.05, 3.63) is 17.5 Å². The second-order valence-corrected chi connectivity index (χ2v) is 6.23. The largest absolute Gasteiger partial charge is 0.360 e. The molecule has 0 radical (unpaired) electrons. The van der Waals surface area contributed by atoms with Gasteiger partial charge in [-0.25, -0.2) is 0 Å². The van der Waals surface area contributed by atoms with E-state index in [4.69, 9.17) is 4.52 Å². The van der Waals surface area contributed by atoms with Gasteiger partial charge in [0, 0.05) is 12.6 Å². The first-order valence-electron chi connectivity index (χ1n) is 7.31. The number of hydrogen-bond acceptors (Lipinski definition) is 4. The number of rotatable bonds is 9. The van der Waals surface area contributed by atoms with E-state index in [1.807, 2.05) is 0 Å². The van der Waals surface area contributed by atoms with Crippen LogP contribution in [0.5, 0.6) is 0 Å². The SMILES string of the molecule is CC(C)CCN(C)Cc1cc(CNCC(C)C)no1. The predicted octanol–water partition coefficient (Wildman–Crippen LogP) is 2.90. The predicted molar refractivity (Wildman–Crippen MR) is 78.8 cm³/mol. The van der Waals surface area contributed by atoms with Gasteiger partial charge in [0.25, 0.3) is 0 Å². The third-order valence-corrected chi connectivity index (χ3v) is 2.98. The lowest BCUT2D eigenvalue weighted by atomic mass is 10.1. The van der Waals surface area contributed by atoms with Gasteiger partial charge < -0.3 is 9.84 Å². The summed E-state index contributed by atoms with van der Waals surface area (Å²) in [6.45, 7) is 12.6. The van der Waals surface area contributed by atoms with Crippen molar-refractivity contribution in [3.8, 4) is 0 Å². The number of nitrogens with one attached hydrogen (secondary N) is 1. The van der Waals surface area contributed by atoms with Crippen molar-refractivity contribution < 1.29 is 4.52 Å². The molecule has 0 saturated heterocycles. The van der Waals surface area contributed by atoms with Crippen LogP contribution in [0.2, 0.25) is 0 Å². The Morgan fingerprint density at radius 3 is 2.63 bits per heavy atom. The molecule has 4 nitrogen and oxygen atoms in total. The highest BCUT2D eigenvalue weighted by Crippen LogP contribution is 2.08. The third kappa shape index (κ3) is 7.33. The van der Waals surface area contributed by atoms with Crippen LogP contribution < -0.4 is 5.32 Å². The summed E-state index contributed by atoms with van der Waals surface area (Å²) in [7, 11) is 2.13. The smallest absolute Gasteiger partial charge is 0.151 e. The van der Waals surface area contributed by atoms with Crippen molar-refractivity contribution in [2.24, 2.45) is 11.8 Å². The molecule has 19 heavy (non-hydrogen) atoms. The van der Waals surface area contributed by atoms with Crippen LogP contribution >= 0.6 is 0 Å². The summed E-state index contributed by atoms with van der Waals surface area (Å²) in [5, 5.41) is 7.47. The second kappa shape index (κ2) is 8.33. The van der Waals surface area contributed by atoms with Crippen molar-refractivity contribution in [2.45, 2.75) is 47.2 Å². The maximum atomic E-state index is 5.37. The molecule has 1 aromatic rings. The van der Waals surface area contributed by atoms with Gasteiger partial charge in [-0.15, -0.1) is 0 Å². The van der Waals surface area contributed by atoms with E-state index in [9.17, 15) is 0 Å². The van der Waals surface area contributed by atoms with Crippen molar-refractivity contribution >= 4 is 0 Å². The van der Waals surface area contributed by atoms with Gasteiger partial charge >= 0.3 is 0 Å². The zero-order valence-electron chi connectivity index (χ0n) is 13.1. The average Bonchev–Trinajstić information content (AvgIpc) is 2.73. The van der Waals surface area contributed by atoms with Crippen LogP contribution in [-0.2, 0) is 13.1 Å². The van der Waals surface area contributed by atoms with Gasteiger partial charge in [-0.2, -0.15) is 0 Å². The molecule has 1 aromatic heterocycles. The molecule has 0 spiro atoms. The molecule has 0 atom stereocenters. The fourth-order valence-corrected chi connectivity index (χ4v) is 1.83. The second-order valence-electron chi connectivity index (χ2n) is 6.23. The van der Waals surface area contributed by atoms with Crippen LogP contribution in [0.1, 0.15) is 45.6 Å². The van der Waals surface area contributed by atoms with E-state index < -0.39 is 0 Å². The summed E-state index contributed by atoms with van der Waals surface area (Å²) in [6.07, 6.45) is 1.22. The van der Waals surface area contributed by atoms with Crippen molar-refractivity contribution in [2.75, 3.05) is 20.1 Å². The molecule has 0 aromatic carbocycles. The van der Waals surface area contributed by atoms with Crippen molar-refractivity contribution in [1.82, 2.24) is 15.4 Å². The molecule has 0 aliphatic carbocycles. The minimum absolute atomic E-state index is 0.661. The fourth-order valence-electron chi connectivity index (χ4n) is 1.83. The summed E-state index contributed by atoms with van der Waals surface area (Å²) in [6, 6.07) is 2.05. The summed E-state index contributed by atoms with van der Waals surface area (Å²) in [5.41, 5.74) is 0.993. The molecular weight excluding hydrogens is 238 g/mol. The molecular formula is C15H29N3O. The molecule has 0 aliphatic rings. The van der Waals surface area contributed by atoms with E-state index in [1.54, 1.807) is 0 Å². The maximum absolute atomic E-state index is 5.37. The fraction of sp³-hybridized carbons (Fsp3) is 0.800. The molecule has 110 valence electrons. The maximum Gasteiger partial charge on any atom is 0.151 e. The molecule has 4 heteroatoms. The Labute approximate surface area is 117 Å². The molecule has 0 saturated carbocycles. The molecule has 1 N–H and O–H groups in total. The zero-order valence-corrected chi connectivity index (χ0v) is 13.1. The molecule has 0 aliphatic heterocycles. The normalized spacial score (nSPS) is 12.0. The molecule has 0 amide bonds. The van der Waals surface area contributed by atoms with Gasteiger partial charge in [0.05, 0.1) is 12.2 Å². The summed E-state index contributed by atoms with van der Waals surface area (Å²) in [4.78, 5) is 2.28. The van der Waals surface area contributed by atoms with E-state index in [1.165, 1.54) is 6.42 Å². The minimum Gasteiger partial charge on any atom is -0.360 e. The van der Waals surface area contributed by atoms with Crippen LogP contribution in [0.4, 0.5) is 0 Å². The highest BCUT2D eigenvalue weighted by molar-refractivity contribution is 5.05.